The van der Waals surface area contributed by atoms with Crippen molar-refractivity contribution >= 4 is 11.8 Å². The van der Waals surface area contributed by atoms with Crippen molar-refractivity contribution in [3.63, 3.8) is 0 Å². The Labute approximate surface area is 144 Å². The highest BCUT2D eigenvalue weighted by Crippen LogP contribution is 2.39. The maximum atomic E-state index is 12.9. The molecule has 0 radical (unpaired) electrons. The minimum Gasteiger partial charge on any atom is -0.365 e. The van der Waals surface area contributed by atoms with Gasteiger partial charge in [-0.3, -0.25) is 9.59 Å². The van der Waals surface area contributed by atoms with Crippen molar-refractivity contribution in [2.75, 3.05) is 26.2 Å². The third-order valence-electron chi connectivity index (χ3n) is 5.66. The zero-order chi connectivity index (χ0) is 17.2. The van der Waals surface area contributed by atoms with Gasteiger partial charge >= 0.3 is 0 Å². The molecule has 2 aliphatic rings. The van der Waals surface area contributed by atoms with Crippen molar-refractivity contribution in [3.8, 4) is 0 Å². The summed E-state index contributed by atoms with van der Waals surface area (Å²) >= 11 is 0. The summed E-state index contributed by atoms with van der Waals surface area (Å²) in [7, 11) is 0. The fourth-order valence-corrected chi connectivity index (χ4v) is 4.22. The highest BCUT2D eigenvalue weighted by Gasteiger charge is 2.42. The van der Waals surface area contributed by atoms with E-state index in [0.29, 0.717) is 12.3 Å². The smallest absolute Gasteiger partial charge is 0.255 e. The number of amides is 2. The summed E-state index contributed by atoms with van der Waals surface area (Å²) in [6.07, 6.45) is 7.71. The monoisotopic (exact) mass is 331 g/mol. The number of hydrogen-bond donors (Lipinski definition) is 1. The zero-order valence-corrected chi connectivity index (χ0v) is 14.9. The molecule has 3 rings (SSSR count). The predicted octanol–water partition coefficient (Wildman–Crippen LogP) is 2.97. The van der Waals surface area contributed by atoms with Gasteiger partial charge in [0.05, 0.1) is 5.56 Å². The molecule has 5 heteroatoms. The normalized spacial score (nSPS) is 24.7. The molecule has 0 aliphatic carbocycles. The van der Waals surface area contributed by atoms with Crippen molar-refractivity contribution in [3.05, 3.63) is 23.5 Å². The maximum Gasteiger partial charge on any atom is 0.255 e. The van der Waals surface area contributed by atoms with Gasteiger partial charge in [-0.1, -0.05) is 13.3 Å². The lowest BCUT2D eigenvalue weighted by Crippen LogP contribution is -2.55. The molecule has 0 saturated carbocycles. The van der Waals surface area contributed by atoms with Crippen LogP contribution in [0.25, 0.3) is 0 Å². The largest absolute Gasteiger partial charge is 0.365 e. The van der Waals surface area contributed by atoms with Crippen LogP contribution in [0.3, 0.4) is 0 Å². The molecule has 1 atom stereocenters. The number of aromatic amines is 1. The number of carbonyl (C=O) groups excluding carboxylic acids is 2. The first-order valence-electron chi connectivity index (χ1n) is 9.26. The highest BCUT2D eigenvalue weighted by atomic mass is 16.2. The molecule has 1 aromatic rings. The molecule has 0 unspecified atom stereocenters. The van der Waals surface area contributed by atoms with E-state index in [-0.39, 0.29) is 11.3 Å². The van der Waals surface area contributed by atoms with Crippen LogP contribution in [0.4, 0.5) is 0 Å². The molecule has 2 amide bonds. The van der Waals surface area contributed by atoms with Gasteiger partial charge < -0.3 is 14.8 Å². The van der Waals surface area contributed by atoms with Crippen LogP contribution in [0.2, 0.25) is 0 Å². The molecule has 1 aromatic heterocycles. The molecule has 3 heterocycles. The number of H-pyrrole nitrogens is 1. The lowest BCUT2D eigenvalue weighted by atomic mass is 9.73. The van der Waals surface area contributed by atoms with E-state index < -0.39 is 0 Å². The van der Waals surface area contributed by atoms with Gasteiger partial charge in [0.2, 0.25) is 5.91 Å². The average molecular weight is 331 g/mol. The van der Waals surface area contributed by atoms with Gasteiger partial charge in [0.15, 0.2) is 0 Å². The molecule has 5 nitrogen and oxygen atoms in total. The molecular formula is C19H29N3O2. The van der Waals surface area contributed by atoms with Crippen molar-refractivity contribution < 1.29 is 9.59 Å². The first-order chi connectivity index (χ1) is 11.5. The van der Waals surface area contributed by atoms with Crippen LogP contribution in [0, 0.1) is 12.3 Å². The summed E-state index contributed by atoms with van der Waals surface area (Å²) in [6, 6.07) is 1.87. The Hall–Kier alpha value is -1.78. The second kappa shape index (κ2) is 6.99. The topological polar surface area (TPSA) is 56.4 Å². The molecule has 1 N–H and O–H groups in total. The number of hydrogen-bond acceptors (Lipinski definition) is 2. The minimum atomic E-state index is 0.0970. The lowest BCUT2D eigenvalue weighted by Gasteiger charge is -2.48. The molecule has 1 spiro atoms. The van der Waals surface area contributed by atoms with E-state index in [2.05, 4.69) is 11.9 Å². The van der Waals surface area contributed by atoms with E-state index in [1.54, 1.807) is 0 Å². The lowest BCUT2D eigenvalue weighted by molar-refractivity contribution is -0.139. The third kappa shape index (κ3) is 3.35. The second-order valence-electron chi connectivity index (χ2n) is 7.52. The Kier molecular flexibility index (Phi) is 4.97. The van der Waals surface area contributed by atoms with Gasteiger partial charge in [0.1, 0.15) is 0 Å². The summed E-state index contributed by atoms with van der Waals surface area (Å²) in [6.45, 7) is 7.40. The SMILES string of the molecule is CCCCN1C[C@@]2(CCCN(C(=O)c3cc[nH]c3C)C2)CCC1=O. The molecule has 2 fully saturated rings. The fraction of sp³-hybridized carbons (Fsp3) is 0.684. The van der Waals surface area contributed by atoms with E-state index in [1.807, 2.05) is 29.0 Å². The zero-order valence-electron chi connectivity index (χ0n) is 14.9. The van der Waals surface area contributed by atoms with Crippen LogP contribution >= 0.6 is 0 Å². The Morgan fingerprint density at radius 3 is 2.88 bits per heavy atom. The average Bonchev–Trinajstić information content (AvgIpc) is 3.01. The number of nitrogens with one attached hydrogen (secondary N) is 1. The van der Waals surface area contributed by atoms with Crippen molar-refractivity contribution in [1.29, 1.82) is 0 Å². The summed E-state index contributed by atoms with van der Waals surface area (Å²) in [5, 5.41) is 0. The summed E-state index contributed by atoms with van der Waals surface area (Å²) in [5.74, 6) is 0.420. The molecule has 24 heavy (non-hydrogen) atoms. The van der Waals surface area contributed by atoms with E-state index in [1.165, 1.54) is 0 Å². The van der Waals surface area contributed by atoms with Gasteiger partial charge in [0, 0.05) is 49.9 Å². The minimum absolute atomic E-state index is 0.0970. The number of nitrogens with zero attached hydrogens (tertiary/aromatic N) is 2. The maximum absolute atomic E-state index is 12.9. The van der Waals surface area contributed by atoms with Gasteiger partial charge in [0.25, 0.3) is 5.91 Å². The predicted molar refractivity (Wildman–Crippen MR) is 93.8 cm³/mol. The van der Waals surface area contributed by atoms with Crippen LogP contribution in [0.5, 0.6) is 0 Å². The third-order valence-corrected chi connectivity index (χ3v) is 5.66. The van der Waals surface area contributed by atoms with E-state index in [0.717, 1.165) is 69.5 Å². The Morgan fingerprint density at radius 1 is 1.33 bits per heavy atom. The van der Waals surface area contributed by atoms with Crippen molar-refractivity contribution in [1.82, 2.24) is 14.8 Å². The van der Waals surface area contributed by atoms with Crippen LogP contribution < -0.4 is 0 Å². The Balaban J connectivity index is 1.71. The number of piperidine rings is 2. The van der Waals surface area contributed by atoms with E-state index in [4.69, 9.17) is 0 Å². The van der Waals surface area contributed by atoms with Crippen molar-refractivity contribution in [2.45, 2.75) is 52.4 Å². The number of aryl methyl sites for hydroxylation is 1. The number of carbonyl (C=O) groups is 2. The molecular weight excluding hydrogens is 302 g/mol. The molecule has 2 aliphatic heterocycles. The van der Waals surface area contributed by atoms with Gasteiger partial charge in [-0.2, -0.15) is 0 Å². The fourth-order valence-electron chi connectivity index (χ4n) is 4.22. The molecule has 0 aromatic carbocycles. The van der Waals surface area contributed by atoms with E-state index >= 15 is 0 Å². The summed E-state index contributed by atoms with van der Waals surface area (Å²) in [5.41, 5.74) is 1.81. The second-order valence-corrected chi connectivity index (χ2v) is 7.52. The molecule has 132 valence electrons. The standard InChI is InChI=1S/C19H29N3O2/c1-3-4-11-21-13-19(9-6-17(21)23)8-5-12-22(14-19)18(24)16-7-10-20-15(16)2/h7,10,20H,3-6,8-9,11-14H2,1-2H3/t19-/m1/s1. The Morgan fingerprint density at radius 2 is 2.17 bits per heavy atom. The van der Waals surface area contributed by atoms with Crippen molar-refractivity contribution in [2.24, 2.45) is 5.41 Å². The quantitative estimate of drug-likeness (QED) is 0.922. The number of likely N-dealkylation sites (tertiary alicyclic amines) is 2. The van der Waals surface area contributed by atoms with Crippen LogP contribution in [-0.4, -0.2) is 52.8 Å². The first-order valence-corrected chi connectivity index (χ1v) is 9.26. The van der Waals surface area contributed by atoms with Crippen LogP contribution in [-0.2, 0) is 4.79 Å². The highest BCUT2D eigenvalue weighted by molar-refractivity contribution is 5.95. The van der Waals surface area contributed by atoms with Gasteiger partial charge in [-0.25, -0.2) is 0 Å². The number of aromatic nitrogens is 1. The number of rotatable bonds is 4. The van der Waals surface area contributed by atoms with Gasteiger partial charge in [-0.05, 0) is 38.7 Å². The summed E-state index contributed by atoms with van der Waals surface area (Å²) < 4.78 is 0. The van der Waals surface area contributed by atoms with Crippen LogP contribution in [0.15, 0.2) is 12.3 Å². The Bertz CT molecular complexity index is 610. The number of unbranched alkanes of at least 4 members (excludes halogenated alkanes) is 1. The summed E-state index contributed by atoms with van der Waals surface area (Å²) in [4.78, 5) is 32.2. The molecule has 0 bridgehead atoms. The van der Waals surface area contributed by atoms with E-state index in [9.17, 15) is 9.59 Å². The van der Waals surface area contributed by atoms with Crippen LogP contribution in [0.1, 0.15) is 61.5 Å². The van der Waals surface area contributed by atoms with Gasteiger partial charge in [-0.15, -0.1) is 0 Å². The first kappa shape index (κ1) is 17.1. The molecule has 2 saturated heterocycles.